The van der Waals surface area contributed by atoms with Crippen LogP contribution in [0.15, 0.2) is 30.4 Å². The average molecular weight is 391 g/mol. The molecule has 6 rings (SSSR count). The maximum Gasteiger partial charge on any atom is 0.244 e. The van der Waals surface area contributed by atoms with Crippen LogP contribution in [0.4, 0.5) is 5.69 Å². The fourth-order valence-electron chi connectivity index (χ4n) is 5.11. The van der Waals surface area contributed by atoms with E-state index in [4.69, 9.17) is 23.2 Å². The zero-order chi connectivity index (χ0) is 18.2. The van der Waals surface area contributed by atoms with Crippen molar-refractivity contribution in [2.75, 3.05) is 11.9 Å². The third kappa shape index (κ3) is 2.20. The molecule has 1 aromatic carbocycles. The molecule has 1 N–H and O–H groups in total. The highest BCUT2D eigenvalue weighted by atomic mass is 35.5. The molecule has 1 heterocycles. The van der Waals surface area contributed by atoms with Gasteiger partial charge < -0.3 is 5.32 Å². The minimum absolute atomic E-state index is 0.155. The molecular formula is C19H16Cl2N2O3. The molecule has 2 bridgehead atoms. The van der Waals surface area contributed by atoms with Crippen molar-refractivity contribution >= 4 is 46.6 Å². The van der Waals surface area contributed by atoms with Crippen molar-refractivity contribution in [3.8, 4) is 0 Å². The van der Waals surface area contributed by atoms with Crippen molar-refractivity contribution in [1.82, 2.24) is 4.90 Å². The van der Waals surface area contributed by atoms with Gasteiger partial charge >= 0.3 is 0 Å². The molecule has 0 radical (unpaired) electrons. The molecular weight excluding hydrogens is 375 g/mol. The molecule has 26 heavy (non-hydrogen) atoms. The summed E-state index contributed by atoms with van der Waals surface area (Å²) < 4.78 is 0. The Kier molecular flexibility index (Phi) is 3.50. The normalized spacial score (nSPS) is 36.2. The van der Waals surface area contributed by atoms with Gasteiger partial charge in [0.15, 0.2) is 0 Å². The Labute approximate surface area is 160 Å². The fraction of sp³-hybridized carbons (Fsp3) is 0.421. The second-order valence-corrected chi connectivity index (χ2v) is 8.35. The van der Waals surface area contributed by atoms with E-state index in [1.54, 1.807) is 18.2 Å². The lowest BCUT2D eigenvalue weighted by Gasteiger charge is -2.37. The van der Waals surface area contributed by atoms with E-state index < -0.39 is 5.91 Å². The molecule has 4 aliphatic carbocycles. The van der Waals surface area contributed by atoms with Crippen molar-refractivity contribution in [2.24, 2.45) is 35.5 Å². The largest absolute Gasteiger partial charge is 0.323 e. The smallest absolute Gasteiger partial charge is 0.244 e. The molecule has 1 aliphatic heterocycles. The van der Waals surface area contributed by atoms with E-state index in [0.717, 1.165) is 11.3 Å². The van der Waals surface area contributed by atoms with Crippen LogP contribution in [0.2, 0.25) is 10.0 Å². The average Bonchev–Trinajstić information content (AvgIpc) is 3.40. The quantitative estimate of drug-likeness (QED) is 0.637. The van der Waals surface area contributed by atoms with Crippen molar-refractivity contribution in [3.05, 3.63) is 40.4 Å². The minimum atomic E-state index is -0.458. The van der Waals surface area contributed by atoms with E-state index in [2.05, 4.69) is 17.5 Å². The van der Waals surface area contributed by atoms with Gasteiger partial charge in [0, 0.05) is 0 Å². The van der Waals surface area contributed by atoms with Crippen LogP contribution < -0.4 is 5.32 Å². The standard InChI is InChI=1S/C19H16Cl2N2O3/c20-12-2-1-3-13(17(12)21)22-14(24)7-23-18(25)15-8-4-5-9(11-6-10(8)11)16(15)19(23)26/h1-5,8-11,15-16H,6-7H2,(H,22,24)/t8-,9-,10-,11-,15+,16+/m0/s1. The summed E-state index contributed by atoms with van der Waals surface area (Å²) >= 11 is 12.0. The number of halogens is 2. The Morgan fingerprint density at radius 3 is 2.31 bits per heavy atom. The van der Waals surface area contributed by atoms with E-state index in [9.17, 15) is 14.4 Å². The van der Waals surface area contributed by atoms with Crippen molar-refractivity contribution < 1.29 is 14.4 Å². The van der Waals surface area contributed by atoms with Crippen LogP contribution in [0.1, 0.15) is 6.42 Å². The van der Waals surface area contributed by atoms with Gasteiger partial charge in [-0.25, -0.2) is 0 Å². The van der Waals surface area contributed by atoms with Crippen LogP contribution in [-0.2, 0) is 14.4 Å². The molecule has 6 atom stereocenters. The Bertz CT molecular complexity index is 848. The number of benzene rings is 1. The predicted octanol–water partition coefficient (Wildman–Crippen LogP) is 2.99. The zero-order valence-corrected chi connectivity index (χ0v) is 15.2. The molecule has 5 aliphatic rings. The molecule has 3 fully saturated rings. The summed E-state index contributed by atoms with van der Waals surface area (Å²) in [4.78, 5) is 39.2. The summed E-state index contributed by atoms with van der Waals surface area (Å²) in [5.41, 5.74) is 0.364. The summed E-state index contributed by atoms with van der Waals surface area (Å²) in [5, 5.41) is 3.20. The van der Waals surface area contributed by atoms with E-state index in [1.165, 1.54) is 0 Å². The molecule has 1 saturated heterocycles. The van der Waals surface area contributed by atoms with Gasteiger partial charge in [-0.2, -0.15) is 0 Å². The molecule has 3 amide bonds. The zero-order valence-electron chi connectivity index (χ0n) is 13.7. The number of allylic oxidation sites excluding steroid dienone is 2. The number of hydrogen-bond acceptors (Lipinski definition) is 3. The summed E-state index contributed by atoms with van der Waals surface area (Å²) in [6.45, 7) is -0.289. The van der Waals surface area contributed by atoms with Gasteiger partial charge in [-0.1, -0.05) is 41.4 Å². The molecule has 0 unspecified atom stereocenters. The van der Waals surface area contributed by atoms with Gasteiger partial charge in [0.2, 0.25) is 17.7 Å². The van der Waals surface area contributed by atoms with E-state index in [-0.39, 0.29) is 47.1 Å². The van der Waals surface area contributed by atoms with Crippen LogP contribution in [0, 0.1) is 35.5 Å². The highest BCUT2D eigenvalue weighted by Gasteiger charge is 2.67. The molecule has 5 nitrogen and oxygen atoms in total. The summed E-state index contributed by atoms with van der Waals surface area (Å²) in [6, 6.07) is 4.91. The predicted molar refractivity (Wildman–Crippen MR) is 96.5 cm³/mol. The molecule has 1 aromatic rings. The Hall–Kier alpha value is -1.85. The van der Waals surface area contributed by atoms with Gasteiger partial charge in [-0.05, 0) is 42.2 Å². The van der Waals surface area contributed by atoms with Crippen LogP contribution in [0.5, 0.6) is 0 Å². The lowest BCUT2D eigenvalue weighted by Crippen LogP contribution is -2.40. The molecule has 7 heteroatoms. The maximum absolute atomic E-state index is 12.9. The third-order valence-electron chi connectivity index (χ3n) is 6.28. The molecule has 2 saturated carbocycles. The number of carbonyl (C=O) groups excluding carboxylic acids is 3. The highest BCUT2D eigenvalue weighted by Crippen LogP contribution is 2.65. The first kappa shape index (κ1) is 16.3. The van der Waals surface area contributed by atoms with Crippen molar-refractivity contribution in [2.45, 2.75) is 6.42 Å². The van der Waals surface area contributed by atoms with Gasteiger partial charge in [0.05, 0.1) is 27.6 Å². The van der Waals surface area contributed by atoms with E-state index >= 15 is 0 Å². The van der Waals surface area contributed by atoms with Crippen LogP contribution in [-0.4, -0.2) is 29.2 Å². The number of carbonyl (C=O) groups is 3. The number of nitrogens with one attached hydrogen (secondary N) is 1. The fourth-order valence-corrected chi connectivity index (χ4v) is 5.46. The van der Waals surface area contributed by atoms with Gasteiger partial charge in [-0.15, -0.1) is 0 Å². The number of anilines is 1. The van der Waals surface area contributed by atoms with Crippen LogP contribution >= 0.6 is 23.2 Å². The Morgan fingerprint density at radius 1 is 1.08 bits per heavy atom. The minimum Gasteiger partial charge on any atom is -0.323 e. The van der Waals surface area contributed by atoms with Crippen molar-refractivity contribution in [1.29, 1.82) is 0 Å². The SMILES string of the molecule is O=C(CN1C(=O)[C@@H]2[C@H]3C=C[C@@H]([C@@H]4C[C@@H]34)[C@H]2C1=O)Nc1cccc(Cl)c1Cl. The summed E-state index contributed by atoms with van der Waals surface area (Å²) in [5.74, 6) is -0.0606. The van der Waals surface area contributed by atoms with Gasteiger partial charge in [-0.3, -0.25) is 19.3 Å². The second-order valence-electron chi connectivity index (χ2n) is 7.57. The monoisotopic (exact) mass is 390 g/mol. The third-order valence-corrected chi connectivity index (χ3v) is 7.10. The van der Waals surface area contributed by atoms with Gasteiger partial charge in [0.1, 0.15) is 6.54 Å². The van der Waals surface area contributed by atoms with Gasteiger partial charge in [0.25, 0.3) is 0 Å². The second kappa shape index (κ2) is 5.57. The van der Waals surface area contributed by atoms with Crippen LogP contribution in [0.25, 0.3) is 0 Å². The molecule has 134 valence electrons. The first-order valence-electron chi connectivity index (χ1n) is 8.75. The first-order valence-corrected chi connectivity index (χ1v) is 9.50. The van der Waals surface area contributed by atoms with Crippen LogP contribution in [0.3, 0.4) is 0 Å². The Morgan fingerprint density at radius 2 is 1.69 bits per heavy atom. The summed E-state index contributed by atoms with van der Waals surface area (Å²) in [6.07, 6.45) is 5.34. The Balaban J connectivity index is 1.34. The lowest BCUT2D eigenvalue weighted by atomic mass is 9.63. The summed E-state index contributed by atoms with van der Waals surface area (Å²) in [7, 11) is 0. The molecule has 0 aromatic heterocycles. The number of likely N-dealkylation sites (tertiary alicyclic amines) is 1. The van der Waals surface area contributed by atoms with Crippen molar-refractivity contribution in [3.63, 3.8) is 0 Å². The number of hydrogen-bond donors (Lipinski definition) is 1. The number of nitrogens with zero attached hydrogens (tertiary/aromatic N) is 1. The number of rotatable bonds is 3. The van der Waals surface area contributed by atoms with E-state index in [0.29, 0.717) is 22.5 Å². The maximum atomic E-state index is 12.9. The topological polar surface area (TPSA) is 66.5 Å². The number of amides is 3. The number of imide groups is 1. The van der Waals surface area contributed by atoms with E-state index in [1.807, 2.05) is 0 Å². The molecule has 0 spiro atoms. The highest BCUT2D eigenvalue weighted by molar-refractivity contribution is 6.44. The lowest BCUT2D eigenvalue weighted by molar-refractivity contribution is -0.142. The first-order chi connectivity index (χ1) is 12.5.